The molecule has 0 radical (unpaired) electrons. The lowest BCUT2D eigenvalue weighted by atomic mass is 9.86. The molecule has 0 saturated carbocycles. The molecule has 1 aliphatic rings. The molecule has 7 nitrogen and oxygen atoms in total. The Morgan fingerprint density at radius 2 is 2.16 bits per heavy atom. The lowest BCUT2D eigenvalue weighted by Gasteiger charge is -2.35. The maximum atomic E-state index is 11.9. The van der Waals surface area contributed by atoms with Gasteiger partial charge in [-0.3, -0.25) is 19.9 Å². The maximum Gasteiger partial charge on any atom is 0.293 e. The summed E-state index contributed by atoms with van der Waals surface area (Å²) in [7, 11) is 0. The molecule has 2 heterocycles. The van der Waals surface area contributed by atoms with Gasteiger partial charge in [0.05, 0.1) is 22.7 Å². The second kappa shape index (κ2) is 5.02. The van der Waals surface area contributed by atoms with Crippen molar-refractivity contribution in [3.63, 3.8) is 0 Å². The first-order valence-corrected chi connectivity index (χ1v) is 5.89. The average Bonchev–Trinajstić information content (AvgIpc) is 2.40. The van der Waals surface area contributed by atoms with Crippen molar-refractivity contribution in [2.75, 3.05) is 0 Å². The van der Waals surface area contributed by atoms with Gasteiger partial charge in [0.2, 0.25) is 0 Å². The van der Waals surface area contributed by atoms with Gasteiger partial charge in [-0.2, -0.15) is 0 Å². The number of Topliss-reactive ketones (excluding diaryl/α,β-unsaturated/α-hetero) is 1. The molecule has 2 rings (SSSR count). The Morgan fingerprint density at radius 1 is 1.47 bits per heavy atom. The average molecular weight is 266 g/mol. The predicted molar refractivity (Wildman–Crippen MR) is 64.4 cm³/mol. The van der Waals surface area contributed by atoms with Crippen LogP contribution in [-0.4, -0.2) is 33.0 Å². The van der Waals surface area contributed by atoms with Gasteiger partial charge in [-0.15, -0.1) is 0 Å². The van der Waals surface area contributed by atoms with Crippen LogP contribution in [0.25, 0.3) is 0 Å². The highest BCUT2D eigenvalue weighted by molar-refractivity contribution is 5.87. The second-order valence-electron chi connectivity index (χ2n) is 4.59. The van der Waals surface area contributed by atoms with Gasteiger partial charge in [0.15, 0.2) is 5.78 Å². The molecule has 19 heavy (non-hydrogen) atoms. The number of nitrogens with zero attached hydrogens (tertiary/aromatic N) is 2. The van der Waals surface area contributed by atoms with E-state index < -0.39 is 29.2 Å². The third-order valence-corrected chi connectivity index (χ3v) is 3.34. The number of carbonyl (C=O) groups excluding carboxylic acids is 1. The normalized spacial score (nSPS) is 31.2. The van der Waals surface area contributed by atoms with Gasteiger partial charge in [0.25, 0.3) is 5.69 Å². The molecular formula is C12H14N2O5. The Bertz CT molecular complexity index is 519. The zero-order chi connectivity index (χ0) is 14.2. The number of ether oxygens (including phenoxy) is 1. The molecule has 0 spiro atoms. The molecule has 1 aromatic rings. The van der Waals surface area contributed by atoms with E-state index in [0.29, 0.717) is 5.56 Å². The number of hydrogen-bond acceptors (Lipinski definition) is 6. The van der Waals surface area contributed by atoms with E-state index in [1.54, 1.807) is 13.8 Å². The number of aliphatic hydroxyl groups is 1. The molecule has 1 aromatic heterocycles. The maximum absolute atomic E-state index is 11.9. The van der Waals surface area contributed by atoms with Crippen molar-refractivity contribution in [1.82, 2.24) is 4.98 Å². The summed E-state index contributed by atoms with van der Waals surface area (Å²) < 4.78 is 5.56. The van der Waals surface area contributed by atoms with Gasteiger partial charge >= 0.3 is 0 Å². The molecule has 7 heteroatoms. The lowest BCUT2D eigenvalue weighted by Crippen LogP contribution is -2.46. The van der Waals surface area contributed by atoms with Crippen LogP contribution in [0.4, 0.5) is 5.69 Å². The summed E-state index contributed by atoms with van der Waals surface area (Å²) in [6.45, 7) is 3.15. The standard InChI is InChI=1S/C12H14N2O5/c1-6-10(15)11(16)7(2)19-12(6)8-3-4-13-5-9(8)14(17)18/h3-7,11-12,16H,1-2H3. The highest BCUT2D eigenvalue weighted by Gasteiger charge is 2.42. The summed E-state index contributed by atoms with van der Waals surface area (Å²) in [5.74, 6) is -1.01. The van der Waals surface area contributed by atoms with Gasteiger partial charge in [0, 0.05) is 12.1 Å². The Labute approximate surface area is 109 Å². The van der Waals surface area contributed by atoms with E-state index in [-0.39, 0.29) is 11.5 Å². The van der Waals surface area contributed by atoms with Gasteiger partial charge in [-0.1, -0.05) is 6.92 Å². The van der Waals surface area contributed by atoms with Crippen molar-refractivity contribution in [2.45, 2.75) is 32.2 Å². The fourth-order valence-corrected chi connectivity index (χ4v) is 2.21. The molecule has 0 aliphatic carbocycles. The van der Waals surface area contributed by atoms with E-state index in [0.717, 1.165) is 6.20 Å². The summed E-state index contributed by atoms with van der Waals surface area (Å²) in [4.78, 5) is 26.0. The quantitative estimate of drug-likeness (QED) is 0.633. The van der Waals surface area contributed by atoms with Gasteiger partial charge in [0.1, 0.15) is 12.3 Å². The van der Waals surface area contributed by atoms with Crippen molar-refractivity contribution in [1.29, 1.82) is 0 Å². The number of aliphatic hydroxyl groups excluding tert-OH is 1. The van der Waals surface area contributed by atoms with Crippen LogP contribution in [0, 0.1) is 16.0 Å². The number of hydrogen-bond donors (Lipinski definition) is 1. The molecular weight excluding hydrogens is 252 g/mol. The van der Waals surface area contributed by atoms with Crippen LogP contribution < -0.4 is 0 Å². The largest absolute Gasteiger partial charge is 0.383 e. The zero-order valence-corrected chi connectivity index (χ0v) is 10.5. The summed E-state index contributed by atoms with van der Waals surface area (Å²) in [6, 6.07) is 1.47. The lowest BCUT2D eigenvalue weighted by molar-refractivity contribution is -0.386. The molecule has 102 valence electrons. The van der Waals surface area contributed by atoms with Crippen LogP contribution in [-0.2, 0) is 9.53 Å². The first-order valence-electron chi connectivity index (χ1n) is 5.89. The summed E-state index contributed by atoms with van der Waals surface area (Å²) >= 11 is 0. The van der Waals surface area contributed by atoms with Gasteiger partial charge in [-0.05, 0) is 13.0 Å². The molecule has 4 atom stereocenters. The van der Waals surface area contributed by atoms with Crippen LogP contribution in [0.2, 0.25) is 0 Å². The Balaban J connectivity index is 2.41. The summed E-state index contributed by atoms with van der Waals surface area (Å²) in [6.07, 6.45) is -0.0765. The molecule has 0 aromatic carbocycles. The SMILES string of the molecule is CC1OC(c2ccncc2[N+](=O)[O-])C(C)C(=O)C1O. The van der Waals surface area contributed by atoms with Crippen molar-refractivity contribution in [2.24, 2.45) is 5.92 Å². The molecule has 1 saturated heterocycles. The second-order valence-corrected chi connectivity index (χ2v) is 4.59. The van der Waals surface area contributed by atoms with E-state index in [9.17, 15) is 20.0 Å². The van der Waals surface area contributed by atoms with E-state index in [4.69, 9.17) is 4.74 Å². The smallest absolute Gasteiger partial charge is 0.293 e. The van der Waals surface area contributed by atoms with E-state index in [2.05, 4.69) is 4.98 Å². The highest BCUT2D eigenvalue weighted by Crippen LogP contribution is 2.37. The molecule has 1 aliphatic heterocycles. The molecule has 0 amide bonds. The number of nitro groups is 1. The van der Waals surface area contributed by atoms with Gasteiger partial charge < -0.3 is 9.84 Å². The van der Waals surface area contributed by atoms with E-state index in [1.807, 2.05) is 0 Å². The van der Waals surface area contributed by atoms with Crippen LogP contribution in [0.5, 0.6) is 0 Å². The first kappa shape index (κ1) is 13.6. The minimum Gasteiger partial charge on any atom is -0.383 e. The predicted octanol–water partition coefficient (Wildman–Crippen LogP) is 1.02. The van der Waals surface area contributed by atoms with Crippen LogP contribution >= 0.6 is 0 Å². The fourth-order valence-electron chi connectivity index (χ4n) is 2.21. The van der Waals surface area contributed by atoms with Crippen LogP contribution in [0.15, 0.2) is 18.5 Å². The Hall–Kier alpha value is -1.86. The first-order chi connectivity index (χ1) is 8.93. The van der Waals surface area contributed by atoms with Crippen molar-refractivity contribution >= 4 is 11.5 Å². The molecule has 0 bridgehead atoms. The fraction of sp³-hybridized carbons (Fsp3) is 0.500. The molecule has 1 N–H and O–H groups in total. The monoisotopic (exact) mass is 266 g/mol. The number of pyridine rings is 1. The molecule has 1 fully saturated rings. The third kappa shape index (κ3) is 2.34. The Kier molecular flexibility index (Phi) is 3.59. The van der Waals surface area contributed by atoms with Crippen molar-refractivity contribution < 1.29 is 19.6 Å². The van der Waals surface area contributed by atoms with Gasteiger partial charge in [-0.25, -0.2) is 0 Å². The Morgan fingerprint density at radius 3 is 2.79 bits per heavy atom. The van der Waals surface area contributed by atoms with E-state index in [1.165, 1.54) is 12.3 Å². The highest BCUT2D eigenvalue weighted by atomic mass is 16.6. The summed E-state index contributed by atoms with van der Waals surface area (Å²) in [5.41, 5.74) is 0.121. The topological polar surface area (TPSA) is 103 Å². The summed E-state index contributed by atoms with van der Waals surface area (Å²) in [5, 5.41) is 20.6. The van der Waals surface area contributed by atoms with Crippen molar-refractivity contribution in [3.05, 3.63) is 34.1 Å². The number of aromatic nitrogens is 1. The number of rotatable bonds is 2. The number of ketones is 1. The third-order valence-electron chi connectivity index (χ3n) is 3.34. The molecule has 4 unspecified atom stereocenters. The number of carbonyl (C=O) groups is 1. The zero-order valence-electron chi connectivity index (χ0n) is 10.5. The minimum absolute atomic E-state index is 0.185. The van der Waals surface area contributed by atoms with E-state index >= 15 is 0 Å². The minimum atomic E-state index is -1.19. The van der Waals surface area contributed by atoms with Crippen molar-refractivity contribution in [3.8, 4) is 0 Å². The van der Waals surface area contributed by atoms with Crippen LogP contribution in [0.3, 0.4) is 0 Å². The van der Waals surface area contributed by atoms with Crippen LogP contribution in [0.1, 0.15) is 25.5 Å².